The zero-order valence-electron chi connectivity index (χ0n) is 21.7. The molecular weight excluding hydrogens is 562 g/mol. The smallest absolute Gasteiger partial charge is 0.388 e. The maximum Gasteiger partial charge on any atom is 0.416 e. The van der Waals surface area contributed by atoms with Crippen LogP contribution in [0.1, 0.15) is 63.2 Å². The number of fused-ring (bicyclic) bond motifs is 3. The van der Waals surface area contributed by atoms with Gasteiger partial charge < -0.3 is 10.0 Å². The number of aliphatic hydroxyl groups excluding tert-OH is 1. The number of hydrogen-bond acceptors (Lipinski definition) is 4. The lowest BCUT2D eigenvalue weighted by atomic mass is 9.92. The fourth-order valence-corrected chi connectivity index (χ4v) is 4.77. The van der Waals surface area contributed by atoms with E-state index in [-0.39, 0.29) is 0 Å². The minimum atomic E-state index is -4.48. The largest absolute Gasteiger partial charge is 0.416 e. The molecule has 0 bridgehead atoms. The van der Waals surface area contributed by atoms with E-state index in [0.29, 0.717) is 49.8 Å². The van der Waals surface area contributed by atoms with Crippen molar-refractivity contribution in [1.29, 1.82) is 0 Å². The summed E-state index contributed by atoms with van der Waals surface area (Å²) in [7, 11) is -3.67. The first-order chi connectivity index (χ1) is 17.7. The van der Waals surface area contributed by atoms with Crippen LogP contribution in [0.5, 0.6) is 0 Å². The Morgan fingerprint density at radius 3 is 1.97 bits per heavy atom. The fourth-order valence-electron chi connectivity index (χ4n) is 4.22. The van der Waals surface area contributed by atoms with Gasteiger partial charge in [0.2, 0.25) is 0 Å². The molecule has 3 rings (SSSR count). The molecule has 212 valence electrons. The Morgan fingerprint density at radius 1 is 0.895 bits per heavy atom. The van der Waals surface area contributed by atoms with Gasteiger partial charge in [-0.2, -0.15) is 21.6 Å². The summed E-state index contributed by atoms with van der Waals surface area (Å²) in [5.41, 5.74) is -0.161. The summed E-state index contributed by atoms with van der Waals surface area (Å²) in [6.07, 6.45) is 0.284. The van der Waals surface area contributed by atoms with Gasteiger partial charge in [-0.3, -0.25) is 4.55 Å². The molecule has 1 atom stereocenters. The van der Waals surface area contributed by atoms with Crippen LogP contribution in [0, 0.1) is 0 Å². The lowest BCUT2D eigenvalue weighted by molar-refractivity contribution is -0.137. The van der Waals surface area contributed by atoms with Gasteiger partial charge in [-0.15, -0.1) is 0 Å². The summed E-state index contributed by atoms with van der Waals surface area (Å²) in [6.45, 7) is 6.97. The maximum atomic E-state index is 13.4. The lowest BCUT2D eigenvalue weighted by Crippen LogP contribution is -2.28. The zero-order valence-corrected chi connectivity index (χ0v) is 24.0. The first-order valence-corrected chi connectivity index (χ1v) is 15.0. The monoisotopic (exact) mass is 595 g/mol. The Morgan fingerprint density at radius 2 is 1.45 bits per heavy atom. The van der Waals surface area contributed by atoms with Gasteiger partial charge in [-0.25, -0.2) is 0 Å². The second-order valence-corrected chi connectivity index (χ2v) is 11.6. The molecule has 0 aliphatic rings. The number of aliphatic hydroxyl groups is 1. The van der Waals surface area contributed by atoms with E-state index >= 15 is 0 Å². The molecule has 0 radical (unpaired) electrons. The molecule has 1 unspecified atom stereocenters. The van der Waals surface area contributed by atoms with Crippen LogP contribution in [0.3, 0.4) is 0 Å². The number of alkyl halides is 3. The minimum absolute atomic E-state index is 0.345. The topological polar surface area (TPSA) is 77.8 Å². The number of nitrogens with zero attached hydrogens (tertiary/aromatic N) is 1. The van der Waals surface area contributed by atoms with Crippen molar-refractivity contribution in [3.8, 4) is 0 Å². The molecule has 0 fully saturated rings. The quantitative estimate of drug-likeness (QED) is 0.183. The molecule has 0 aromatic heterocycles. The fraction of sp³-hybridized carbons (Fsp3) is 0.481. The predicted octanol–water partition coefficient (Wildman–Crippen LogP) is 8.15. The second kappa shape index (κ2) is 14.1. The van der Waals surface area contributed by atoms with E-state index < -0.39 is 28.0 Å². The van der Waals surface area contributed by atoms with Crippen molar-refractivity contribution in [2.45, 2.75) is 58.2 Å². The van der Waals surface area contributed by atoms with Gasteiger partial charge in [0, 0.05) is 22.0 Å². The van der Waals surface area contributed by atoms with Crippen molar-refractivity contribution in [3.05, 3.63) is 57.6 Å². The number of hydrogen-bond donors (Lipinski definition) is 2. The van der Waals surface area contributed by atoms with Crippen LogP contribution in [0.25, 0.3) is 21.5 Å². The average Bonchev–Trinajstić information content (AvgIpc) is 2.81. The highest BCUT2D eigenvalue weighted by Gasteiger charge is 2.31. The van der Waals surface area contributed by atoms with Crippen LogP contribution >= 0.6 is 23.2 Å². The van der Waals surface area contributed by atoms with Gasteiger partial charge in [0.25, 0.3) is 10.1 Å². The summed E-state index contributed by atoms with van der Waals surface area (Å²) in [5.74, 6) is 0. The molecule has 0 aliphatic heterocycles. The summed E-state index contributed by atoms with van der Waals surface area (Å²) in [6, 6.07) is 8.60. The first kappa shape index (κ1) is 32.6. The molecule has 2 N–H and O–H groups in total. The molecule has 11 heteroatoms. The molecule has 5 nitrogen and oxygen atoms in total. The van der Waals surface area contributed by atoms with Crippen LogP contribution < -0.4 is 0 Å². The molecule has 38 heavy (non-hydrogen) atoms. The van der Waals surface area contributed by atoms with E-state index in [1.807, 2.05) is 0 Å². The van der Waals surface area contributed by atoms with Crippen molar-refractivity contribution < 1.29 is 31.2 Å². The SMILES string of the molecule is CCCCN(CCCC)CCC(O)c1cc2c(Cl)cc(Cl)cc2c2cc(C(F)(F)F)ccc12.CS(=O)(=O)O. The molecular formula is C27H34Cl2F3NO4S. The summed E-state index contributed by atoms with van der Waals surface area (Å²) in [5, 5.41) is 13.9. The summed E-state index contributed by atoms with van der Waals surface area (Å²) < 4.78 is 66.2. The molecule has 0 spiro atoms. The van der Waals surface area contributed by atoms with Crippen molar-refractivity contribution in [1.82, 2.24) is 4.90 Å². The van der Waals surface area contributed by atoms with E-state index in [4.69, 9.17) is 27.8 Å². The van der Waals surface area contributed by atoms with E-state index in [2.05, 4.69) is 18.7 Å². The van der Waals surface area contributed by atoms with Crippen LogP contribution in [-0.4, -0.2) is 48.9 Å². The van der Waals surface area contributed by atoms with Crippen molar-refractivity contribution in [2.24, 2.45) is 0 Å². The van der Waals surface area contributed by atoms with Crippen LogP contribution in [0.2, 0.25) is 10.0 Å². The number of unbranched alkanes of at least 4 members (excludes halogenated alkanes) is 2. The van der Waals surface area contributed by atoms with E-state index in [0.717, 1.165) is 57.5 Å². The van der Waals surface area contributed by atoms with Gasteiger partial charge in [0.05, 0.1) is 17.9 Å². The third-order valence-corrected chi connectivity index (χ3v) is 6.61. The van der Waals surface area contributed by atoms with E-state index in [9.17, 15) is 26.7 Å². The Bertz CT molecular complexity index is 1320. The molecule has 3 aromatic carbocycles. The molecule has 0 heterocycles. The Hall–Kier alpha value is -1.62. The Kier molecular flexibility index (Phi) is 12.1. The Balaban J connectivity index is 0.000000926. The van der Waals surface area contributed by atoms with Crippen molar-refractivity contribution in [2.75, 3.05) is 25.9 Å². The highest BCUT2D eigenvalue weighted by atomic mass is 35.5. The molecule has 0 aliphatic carbocycles. The predicted molar refractivity (Wildman–Crippen MR) is 150 cm³/mol. The van der Waals surface area contributed by atoms with Gasteiger partial charge in [0.15, 0.2) is 0 Å². The standard InChI is InChI=1S/C26H30Cl2F3NO.CH4O3S/c1-3-5-10-32(11-6-4-2)12-9-25(33)23-16-22-21(14-18(27)15-24(22)28)20-13-17(26(29,30)31)7-8-19(20)23;1-5(2,3)4/h7-8,13-16,25,33H,3-6,9-12H2,1-2H3;1H3,(H,2,3,4). The van der Waals surface area contributed by atoms with Crippen LogP contribution in [0.4, 0.5) is 13.2 Å². The van der Waals surface area contributed by atoms with Gasteiger partial charge >= 0.3 is 6.18 Å². The number of rotatable bonds is 10. The third-order valence-electron chi connectivity index (χ3n) is 6.08. The van der Waals surface area contributed by atoms with Crippen LogP contribution in [-0.2, 0) is 16.3 Å². The number of benzene rings is 3. The Labute approximate surface area is 232 Å². The highest BCUT2D eigenvalue weighted by molar-refractivity contribution is 7.85. The first-order valence-electron chi connectivity index (χ1n) is 12.4. The summed E-state index contributed by atoms with van der Waals surface area (Å²) in [4.78, 5) is 2.36. The molecule has 0 saturated carbocycles. The molecule has 3 aromatic rings. The van der Waals surface area contributed by atoms with Crippen molar-refractivity contribution in [3.63, 3.8) is 0 Å². The zero-order chi connectivity index (χ0) is 28.7. The second-order valence-electron chi connectivity index (χ2n) is 9.29. The number of halogens is 5. The maximum absolute atomic E-state index is 13.4. The van der Waals surface area contributed by atoms with E-state index in [1.54, 1.807) is 18.2 Å². The van der Waals surface area contributed by atoms with Crippen LogP contribution in [0.15, 0.2) is 36.4 Å². The van der Waals surface area contributed by atoms with Gasteiger partial charge in [-0.05, 0) is 84.4 Å². The van der Waals surface area contributed by atoms with E-state index in [1.165, 1.54) is 6.07 Å². The summed E-state index contributed by atoms with van der Waals surface area (Å²) >= 11 is 12.6. The average molecular weight is 597 g/mol. The lowest BCUT2D eigenvalue weighted by Gasteiger charge is -2.24. The minimum Gasteiger partial charge on any atom is -0.388 e. The highest BCUT2D eigenvalue weighted by Crippen LogP contribution is 2.40. The molecule has 0 amide bonds. The normalized spacial score (nSPS) is 13.1. The van der Waals surface area contributed by atoms with Gasteiger partial charge in [0.1, 0.15) is 0 Å². The van der Waals surface area contributed by atoms with Crippen molar-refractivity contribution >= 4 is 54.9 Å². The molecule has 0 saturated heterocycles. The van der Waals surface area contributed by atoms with Gasteiger partial charge in [-0.1, -0.05) is 56.0 Å². The third kappa shape index (κ3) is 9.84.